The minimum absolute atomic E-state index is 0.273. The van der Waals surface area contributed by atoms with Crippen LogP contribution in [0.3, 0.4) is 0 Å². The Morgan fingerprint density at radius 2 is 1.95 bits per heavy atom. The number of anilines is 1. The molecule has 0 radical (unpaired) electrons. The van der Waals surface area contributed by atoms with Crippen LogP contribution in [0, 0.1) is 0 Å². The number of para-hydroxylation sites is 1. The topological polar surface area (TPSA) is 34.0 Å². The lowest BCUT2D eigenvalue weighted by Crippen LogP contribution is -2.27. The molecule has 0 unspecified atom stereocenters. The first kappa shape index (κ1) is 13.9. The summed E-state index contributed by atoms with van der Waals surface area (Å²) < 4.78 is 39.7. The van der Waals surface area contributed by atoms with Gasteiger partial charge in [-0.25, -0.2) is 9.67 Å². The van der Waals surface area contributed by atoms with Crippen LogP contribution in [0.4, 0.5) is 18.9 Å². The fourth-order valence-corrected chi connectivity index (χ4v) is 2.65. The van der Waals surface area contributed by atoms with E-state index in [2.05, 4.69) is 23.9 Å². The number of hydrogen-bond donors (Lipinski definition) is 0. The molecule has 21 heavy (non-hydrogen) atoms. The second kappa shape index (κ2) is 4.47. The van der Waals surface area contributed by atoms with Gasteiger partial charge in [0.1, 0.15) is 0 Å². The average molecular weight is 296 g/mol. The first-order valence-electron chi connectivity index (χ1n) is 6.66. The predicted octanol–water partition coefficient (Wildman–Crippen LogP) is 3.36. The van der Waals surface area contributed by atoms with Crippen LogP contribution in [0.15, 0.2) is 18.2 Å². The first-order chi connectivity index (χ1) is 9.79. The molecular formula is C14H15F3N4. The molecule has 0 atom stereocenters. The van der Waals surface area contributed by atoms with Crippen molar-refractivity contribution in [3.8, 4) is 5.69 Å². The Labute approximate surface area is 120 Å². The third-order valence-corrected chi connectivity index (χ3v) is 3.58. The van der Waals surface area contributed by atoms with Gasteiger partial charge in [0.05, 0.1) is 17.9 Å². The first-order valence-corrected chi connectivity index (χ1v) is 6.66. The zero-order valence-electron chi connectivity index (χ0n) is 11.9. The fourth-order valence-electron chi connectivity index (χ4n) is 2.65. The Balaban J connectivity index is 2.22. The van der Waals surface area contributed by atoms with Crippen LogP contribution in [0.5, 0.6) is 0 Å². The Hall–Kier alpha value is -2.05. The summed E-state index contributed by atoms with van der Waals surface area (Å²) in [6.45, 7) is 4.42. The van der Waals surface area contributed by atoms with Gasteiger partial charge in [0.15, 0.2) is 5.82 Å². The molecule has 0 fully saturated rings. The second-order valence-electron chi connectivity index (χ2n) is 5.49. The molecule has 2 heterocycles. The number of alkyl halides is 3. The Morgan fingerprint density at radius 1 is 1.24 bits per heavy atom. The molecule has 4 nitrogen and oxygen atoms in total. The van der Waals surface area contributed by atoms with E-state index >= 15 is 0 Å². The molecular weight excluding hydrogens is 281 g/mol. The number of aromatic nitrogens is 3. The molecule has 112 valence electrons. The van der Waals surface area contributed by atoms with Crippen molar-refractivity contribution in [2.45, 2.75) is 32.5 Å². The summed E-state index contributed by atoms with van der Waals surface area (Å²) in [4.78, 5) is 5.56. The molecule has 1 aromatic heterocycles. The highest BCUT2D eigenvalue weighted by atomic mass is 19.4. The molecule has 0 saturated carbocycles. The van der Waals surface area contributed by atoms with Gasteiger partial charge in [-0.1, -0.05) is 26.0 Å². The molecule has 7 heteroatoms. The van der Waals surface area contributed by atoms with Crippen molar-refractivity contribution >= 4 is 5.69 Å². The summed E-state index contributed by atoms with van der Waals surface area (Å²) in [6, 6.07) is 5.61. The van der Waals surface area contributed by atoms with Gasteiger partial charge in [0.25, 0.3) is 5.82 Å². The number of halogens is 3. The molecule has 0 bridgehead atoms. The predicted molar refractivity (Wildman–Crippen MR) is 72.6 cm³/mol. The van der Waals surface area contributed by atoms with E-state index in [-0.39, 0.29) is 5.92 Å². The maximum Gasteiger partial charge on any atom is 0.453 e. The molecule has 0 N–H and O–H groups in total. The summed E-state index contributed by atoms with van der Waals surface area (Å²) in [7, 11) is 1.86. The van der Waals surface area contributed by atoms with E-state index < -0.39 is 12.0 Å². The standard InChI is InChI=1S/C14H15F3N4/c1-8(2)9-5-4-6-10-12(9)20(3)7-11-18-13(14(15,16)17)19-21(10)11/h4-6,8H,7H2,1-3H3. The van der Waals surface area contributed by atoms with Gasteiger partial charge in [-0.3, -0.25) is 0 Å². The average Bonchev–Trinajstić information content (AvgIpc) is 2.82. The molecule has 1 aliphatic rings. The lowest BCUT2D eigenvalue weighted by molar-refractivity contribution is -0.144. The van der Waals surface area contributed by atoms with Gasteiger partial charge >= 0.3 is 6.18 Å². The smallest absolute Gasteiger partial charge is 0.365 e. The lowest BCUT2D eigenvalue weighted by atomic mass is 9.98. The molecule has 0 saturated heterocycles. The van der Waals surface area contributed by atoms with Crippen molar-refractivity contribution in [3.63, 3.8) is 0 Å². The molecule has 2 aromatic rings. The van der Waals surface area contributed by atoms with Crippen molar-refractivity contribution in [1.29, 1.82) is 0 Å². The third kappa shape index (κ3) is 2.16. The fraction of sp³-hybridized carbons (Fsp3) is 0.429. The zero-order valence-corrected chi connectivity index (χ0v) is 11.9. The Kier molecular flexibility index (Phi) is 2.96. The highest BCUT2D eigenvalue weighted by Crippen LogP contribution is 2.38. The number of benzene rings is 1. The summed E-state index contributed by atoms with van der Waals surface area (Å²) >= 11 is 0. The third-order valence-electron chi connectivity index (χ3n) is 3.58. The van der Waals surface area contributed by atoms with Gasteiger partial charge in [-0.2, -0.15) is 13.2 Å². The molecule has 0 amide bonds. The van der Waals surface area contributed by atoms with Crippen molar-refractivity contribution in [2.75, 3.05) is 11.9 Å². The van der Waals surface area contributed by atoms with E-state index in [0.717, 1.165) is 11.3 Å². The maximum absolute atomic E-state index is 12.8. The quantitative estimate of drug-likeness (QED) is 0.809. The van der Waals surface area contributed by atoms with Crippen LogP contribution in [0.1, 0.15) is 37.0 Å². The van der Waals surface area contributed by atoms with Crippen molar-refractivity contribution < 1.29 is 13.2 Å². The molecule has 1 aliphatic heterocycles. The van der Waals surface area contributed by atoms with Crippen molar-refractivity contribution in [1.82, 2.24) is 14.8 Å². The zero-order chi connectivity index (χ0) is 15.4. The highest BCUT2D eigenvalue weighted by molar-refractivity contribution is 5.69. The second-order valence-corrected chi connectivity index (χ2v) is 5.49. The van der Waals surface area contributed by atoms with E-state index in [9.17, 15) is 13.2 Å². The largest absolute Gasteiger partial charge is 0.453 e. The number of rotatable bonds is 1. The van der Waals surface area contributed by atoms with Crippen molar-refractivity contribution in [3.05, 3.63) is 35.4 Å². The number of fused-ring (bicyclic) bond motifs is 3. The van der Waals surface area contributed by atoms with Crippen molar-refractivity contribution in [2.24, 2.45) is 0 Å². The van der Waals surface area contributed by atoms with E-state index in [0.29, 0.717) is 18.1 Å². The summed E-state index contributed by atoms with van der Waals surface area (Å²) in [5.74, 6) is -0.513. The van der Waals surface area contributed by atoms with E-state index in [4.69, 9.17) is 0 Å². The monoisotopic (exact) mass is 296 g/mol. The summed E-state index contributed by atoms with van der Waals surface area (Å²) in [5.41, 5.74) is 2.65. The minimum atomic E-state index is -4.53. The minimum Gasteiger partial charge on any atom is -0.365 e. The normalized spacial score (nSPS) is 14.3. The number of hydrogen-bond acceptors (Lipinski definition) is 3. The van der Waals surface area contributed by atoms with Gasteiger partial charge in [0.2, 0.25) is 0 Å². The Morgan fingerprint density at radius 3 is 2.57 bits per heavy atom. The van der Waals surface area contributed by atoms with Crippen LogP contribution >= 0.6 is 0 Å². The van der Waals surface area contributed by atoms with Gasteiger partial charge < -0.3 is 4.90 Å². The number of nitrogens with zero attached hydrogens (tertiary/aromatic N) is 4. The van der Waals surface area contributed by atoms with Crippen LogP contribution < -0.4 is 4.90 Å². The summed E-state index contributed by atoms with van der Waals surface area (Å²) in [6.07, 6.45) is -4.53. The molecule has 1 aromatic carbocycles. The maximum atomic E-state index is 12.8. The van der Waals surface area contributed by atoms with Gasteiger partial charge in [-0.15, -0.1) is 5.10 Å². The van der Waals surface area contributed by atoms with E-state index in [1.165, 1.54) is 4.68 Å². The van der Waals surface area contributed by atoms with Crippen LogP contribution in [-0.4, -0.2) is 21.8 Å². The van der Waals surface area contributed by atoms with E-state index in [1.807, 2.05) is 24.1 Å². The van der Waals surface area contributed by atoms with Crippen LogP contribution in [0.25, 0.3) is 5.69 Å². The van der Waals surface area contributed by atoms with Crippen LogP contribution in [-0.2, 0) is 12.7 Å². The van der Waals surface area contributed by atoms with Gasteiger partial charge in [-0.05, 0) is 17.5 Å². The summed E-state index contributed by atoms with van der Waals surface area (Å²) in [5, 5.41) is 3.65. The van der Waals surface area contributed by atoms with E-state index in [1.54, 1.807) is 6.07 Å². The molecule has 0 aliphatic carbocycles. The molecule has 0 spiro atoms. The van der Waals surface area contributed by atoms with Gasteiger partial charge in [0, 0.05) is 7.05 Å². The highest BCUT2D eigenvalue weighted by Gasteiger charge is 2.38. The molecule has 3 rings (SSSR count). The van der Waals surface area contributed by atoms with Crippen LogP contribution in [0.2, 0.25) is 0 Å². The lowest BCUT2D eigenvalue weighted by Gasteiger charge is -2.30. The SMILES string of the molecule is CC(C)c1cccc2c1N(C)Cc1nc(C(F)(F)F)nn1-2. The Bertz CT molecular complexity index is 688.